The normalized spacial score (nSPS) is 14.9. The lowest BCUT2D eigenvalue weighted by Crippen LogP contribution is -2.39. The van der Waals surface area contributed by atoms with Gasteiger partial charge in [-0.05, 0) is 61.7 Å². The van der Waals surface area contributed by atoms with Crippen molar-refractivity contribution < 1.29 is 22.3 Å². The zero-order chi connectivity index (χ0) is 24.8. The first-order chi connectivity index (χ1) is 16.8. The predicted molar refractivity (Wildman–Crippen MR) is 136 cm³/mol. The molecule has 188 valence electrons. The number of halogens is 1. The Morgan fingerprint density at radius 2 is 1.89 bits per heavy atom. The minimum Gasteiger partial charge on any atom is -0.379 e. The Morgan fingerprint density at radius 3 is 2.63 bits per heavy atom. The van der Waals surface area contributed by atoms with Gasteiger partial charge in [0.2, 0.25) is 5.91 Å². The number of carbonyl (C=O) groups is 1. The number of hydrogen-bond donors (Lipinski definition) is 0. The maximum absolute atomic E-state index is 13.3. The molecule has 2 heterocycles. The lowest BCUT2D eigenvalue weighted by atomic mass is 10.2. The van der Waals surface area contributed by atoms with Crippen molar-refractivity contribution in [2.45, 2.75) is 31.1 Å². The SMILES string of the molecule is Cc1ccc2nc(N(CCCN3CCOCC3)C(=O)CCCS(=O)(=O)c3ccc(F)cc3)sc2c1. The van der Waals surface area contributed by atoms with Crippen LogP contribution in [0.15, 0.2) is 47.4 Å². The standard InChI is InChI=1S/C25H30FN3O4S2/c1-19-5-10-22-23(18-19)34-25(27-22)29(12-3-11-28-13-15-33-16-14-28)24(30)4-2-17-35(31,32)21-8-6-20(26)7-9-21/h5-10,18H,2-4,11-17H2,1H3. The number of fused-ring (bicyclic) bond motifs is 1. The van der Waals surface area contributed by atoms with Crippen LogP contribution in [0.25, 0.3) is 10.2 Å². The number of anilines is 1. The molecule has 7 nitrogen and oxygen atoms in total. The van der Waals surface area contributed by atoms with Gasteiger partial charge >= 0.3 is 0 Å². The molecule has 35 heavy (non-hydrogen) atoms. The van der Waals surface area contributed by atoms with Crippen LogP contribution < -0.4 is 4.90 Å². The van der Waals surface area contributed by atoms with Crippen LogP contribution in [-0.2, 0) is 19.4 Å². The number of amides is 1. The smallest absolute Gasteiger partial charge is 0.228 e. The molecule has 0 spiro atoms. The molecular formula is C25H30FN3O4S2. The zero-order valence-electron chi connectivity index (χ0n) is 19.8. The van der Waals surface area contributed by atoms with Crippen LogP contribution in [0.3, 0.4) is 0 Å². The highest BCUT2D eigenvalue weighted by Crippen LogP contribution is 2.30. The number of aryl methyl sites for hydroxylation is 1. The zero-order valence-corrected chi connectivity index (χ0v) is 21.4. The average Bonchev–Trinajstić information content (AvgIpc) is 3.25. The van der Waals surface area contributed by atoms with Crippen molar-refractivity contribution in [1.29, 1.82) is 0 Å². The molecule has 3 aromatic rings. The fourth-order valence-corrected chi connectivity index (χ4v) is 6.47. The number of sulfone groups is 1. The number of rotatable bonds is 10. The molecule has 4 rings (SSSR count). The molecule has 1 fully saturated rings. The summed E-state index contributed by atoms with van der Waals surface area (Å²) in [5.41, 5.74) is 1.98. The lowest BCUT2D eigenvalue weighted by molar-refractivity contribution is -0.118. The maximum atomic E-state index is 13.3. The van der Waals surface area contributed by atoms with Crippen LogP contribution in [0.1, 0.15) is 24.8 Å². The van der Waals surface area contributed by atoms with E-state index in [4.69, 9.17) is 4.74 Å². The van der Waals surface area contributed by atoms with E-state index in [1.54, 1.807) is 4.90 Å². The summed E-state index contributed by atoms with van der Waals surface area (Å²) in [6.07, 6.45) is 1.06. The third kappa shape index (κ3) is 6.84. The summed E-state index contributed by atoms with van der Waals surface area (Å²) in [6.45, 7) is 6.61. The van der Waals surface area contributed by atoms with Gasteiger partial charge in [-0.25, -0.2) is 17.8 Å². The van der Waals surface area contributed by atoms with Gasteiger partial charge in [0.05, 0.1) is 34.1 Å². The number of aromatic nitrogens is 1. The highest BCUT2D eigenvalue weighted by atomic mass is 32.2. The van der Waals surface area contributed by atoms with Gasteiger partial charge in [-0.2, -0.15) is 0 Å². The van der Waals surface area contributed by atoms with Gasteiger partial charge in [-0.1, -0.05) is 17.4 Å². The van der Waals surface area contributed by atoms with Crippen molar-refractivity contribution in [3.8, 4) is 0 Å². The molecule has 0 radical (unpaired) electrons. The Balaban J connectivity index is 1.42. The number of morpholine rings is 1. The Bertz CT molecular complexity index is 1260. The highest BCUT2D eigenvalue weighted by molar-refractivity contribution is 7.91. The van der Waals surface area contributed by atoms with Gasteiger partial charge in [0.15, 0.2) is 15.0 Å². The molecule has 0 bridgehead atoms. The molecule has 1 aliphatic heterocycles. The average molecular weight is 520 g/mol. The number of carbonyl (C=O) groups excluding carboxylic acids is 1. The summed E-state index contributed by atoms with van der Waals surface area (Å²) in [6, 6.07) is 10.8. The maximum Gasteiger partial charge on any atom is 0.228 e. The van der Waals surface area contributed by atoms with Gasteiger partial charge in [-0.15, -0.1) is 0 Å². The van der Waals surface area contributed by atoms with Crippen LogP contribution in [0, 0.1) is 12.7 Å². The Labute approximate surface area is 209 Å². The van der Waals surface area contributed by atoms with Crippen LogP contribution in [0.2, 0.25) is 0 Å². The molecule has 1 amide bonds. The van der Waals surface area contributed by atoms with Crippen molar-refractivity contribution >= 4 is 42.4 Å². The monoisotopic (exact) mass is 519 g/mol. The Kier molecular flexibility index (Phi) is 8.48. The van der Waals surface area contributed by atoms with Crippen LogP contribution in [0.5, 0.6) is 0 Å². The van der Waals surface area contributed by atoms with Crippen molar-refractivity contribution in [1.82, 2.24) is 9.88 Å². The molecular weight excluding hydrogens is 489 g/mol. The van der Waals surface area contributed by atoms with Crippen molar-refractivity contribution in [3.63, 3.8) is 0 Å². The summed E-state index contributed by atoms with van der Waals surface area (Å²) < 4.78 is 44.7. The number of thiazole rings is 1. The third-order valence-electron chi connectivity index (χ3n) is 6.00. The Morgan fingerprint density at radius 1 is 1.14 bits per heavy atom. The van der Waals surface area contributed by atoms with E-state index in [1.807, 2.05) is 19.1 Å². The van der Waals surface area contributed by atoms with E-state index < -0.39 is 15.7 Å². The van der Waals surface area contributed by atoms with Gasteiger partial charge in [0.25, 0.3) is 0 Å². The largest absolute Gasteiger partial charge is 0.379 e. The second-order valence-electron chi connectivity index (χ2n) is 8.70. The van der Waals surface area contributed by atoms with Gasteiger partial charge in [0, 0.05) is 32.6 Å². The predicted octanol–water partition coefficient (Wildman–Crippen LogP) is 4.05. The number of hydrogen-bond acceptors (Lipinski definition) is 7. The molecule has 2 aromatic carbocycles. The van der Waals surface area contributed by atoms with E-state index >= 15 is 0 Å². The molecule has 1 saturated heterocycles. The van der Waals surface area contributed by atoms with Crippen LogP contribution in [0.4, 0.5) is 9.52 Å². The summed E-state index contributed by atoms with van der Waals surface area (Å²) in [7, 11) is -3.59. The molecule has 0 N–H and O–H groups in total. The first-order valence-corrected chi connectivity index (χ1v) is 14.2. The van der Waals surface area contributed by atoms with Crippen molar-refractivity contribution in [3.05, 3.63) is 53.8 Å². The van der Waals surface area contributed by atoms with Crippen molar-refractivity contribution in [2.24, 2.45) is 0 Å². The summed E-state index contributed by atoms with van der Waals surface area (Å²) in [5, 5.41) is 0.638. The summed E-state index contributed by atoms with van der Waals surface area (Å²) in [4.78, 5) is 22.0. The minimum absolute atomic E-state index is 0.0651. The molecule has 1 aromatic heterocycles. The van der Waals surface area contributed by atoms with Crippen LogP contribution in [-0.4, -0.2) is 69.4 Å². The van der Waals surface area contributed by atoms with E-state index in [2.05, 4.69) is 16.0 Å². The van der Waals surface area contributed by atoms with Crippen molar-refractivity contribution in [2.75, 3.05) is 50.0 Å². The minimum atomic E-state index is -3.59. The van der Waals surface area contributed by atoms with E-state index in [-0.39, 0.29) is 29.4 Å². The van der Waals surface area contributed by atoms with Gasteiger partial charge in [0.1, 0.15) is 5.82 Å². The number of benzene rings is 2. The fourth-order valence-electron chi connectivity index (χ4n) is 4.05. The molecule has 0 saturated carbocycles. The van der Waals surface area contributed by atoms with E-state index in [0.29, 0.717) is 11.7 Å². The summed E-state index contributed by atoms with van der Waals surface area (Å²) in [5.74, 6) is -0.805. The van der Waals surface area contributed by atoms with E-state index in [9.17, 15) is 17.6 Å². The lowest BCUT2D eigenvalue weighted by Gasteiger charge is -2.27. The third-order valence-corrected chi connectivity index (χ3v) is 8.86. The molecule has 0 unspecified atom stereocenters. The molecule has 0 aliphatic carbocycles. The van der Waals surface area contributed by atoms with Gasteiger partial charge < -0.3 is 4.74 Å². The topological polar surface area (TPSA) is 79.8 Å². The first kappa shape index (κ1) is 25.7. The van der Waals surface area contributed by atoms with Crippen LogP contribution >= 0.6 is 11.3 Å². The molecule has 0 atom stereocenters. The van der Waals surface area contributed by atoms with Gasteiger partial charge in [-0.3, -0.25) is 14.6 Å². The summed E-state index contributed by atoms with van der Waals surface area (Å²) >= 11 is 1.48. The van der Waals surface area contributed by atoms with E-state index in [0.717, 1.165) is 67.2 Å². The second kappa shape index (κ2) is 11.6. The quantitative estimate of drug-likeness (QED) is 0.376. The molecule has 10 heteroatoms. The number of nitrogens with zero attached hydrogens (tertiary/aromatic N) is 3. The van der Waals surface area contributed by atoms with E-state index in [1.165, 1.54) is 23.5 Å². The molecule has 1 aliphatic rings. The Hall–Kier alpha value is -2.40. The highest BCUT2D eigenvalue weighted by Gasteiger charge is 2.22. The first-order valence-electron chi connectivity index (χ1n) is 11.8. The fraction of sp³-hybridized carbons (Fsp3) is 0.440. The number of ether oxygens (including phenoxy) is 1. The second-order valence-corrected chi connectivity index (χ2v) is 11.8.